The summed E-state index contributed by atoms with van der Waals surface area (Å²) in [5.74, 6) is -1.19. The molecule has 3 aromatic carbocycles. The van der Waals surface area contributed by atoms with E-state index >= 15 is 0 Å². The number of imide groups is 1. The summed E-state index contributed by atoms with van der Waals surface area (Å²) in [7, 11) is 0. The van der Waals surface area contributed by atoms with Crippen molar-refractivity contribution in [3.05, 3.63) is 94.3 Å². The van der Waals surface area contributed by atoms with Crippen LogP contribution in [0.2, 0.25) is 5.02 Å². The van der Waals surface area contributed by atoms with E-state index in [1.54, 1.807) is 53.4 Å². The highest BCUT2D eigenvalue weighted by Gasteiger charge is 2.38. The fourth-order valence-electron chi connectivity index (χ4n) is 5.01. The number of amides is 3. The molecule has 0 N–H and O–H groups in total. The molecule has 0 radical (unpaired) electrons. The molecule has 1 saturated heterocycles. The maximum Gasteiger partial charge on any atom is 0.266 e. The summed E-state index contributed by atoms with van der Waals surface area (Å²) in [6.07, 6.45) is 0. The maximum absolute atomic E-state index is 13.3. The van der Waals surface area contributed by atoms with Gasteiger partial charge >= 0.3 is 0 Å². The van der Waals surface area contributed by atoms with Crippen LogP contribution in [0.4, 0.5) is 10.1 Å². The largest absolute Gasteiger partial charge is 0.482 e. The van der Waals surface area contributed by atoms with E-state index in [1.165, 1.54) is 18.2 Å². The van der Waals surface area contributed by atoms with Crippen molar-refractivity contribution in [3.8, 4) is 5.75 Å². The lowest BCUT2D eigenvalue weighted by atomic mass is 10.1. The Morgan fingerprint density at radius 3 is 2.26 bits per heavy atom. The van der Waals surface area contributed by atoms with E-state index in [1.807, 2.05) is 6.92 Å². The Balaban J connectivity index is 1.27. The maximum atomic E-state index is 13.3. The lowest BCUT2D eigenvalue weighted by Crippen LogP contribution is -2.58. The third-order valence-corrected chi connectivity index (χ3v) is 7.28. The topological polar surface area (TPSA) is 70.2 Å². The van der Waals surface area contributed by atoms with E-state index in [2.05, 4.69) is 11.8 Å². The first-order valence-corrected chi connectivity index (χ1v) is 12.8. The Morgan fingerprint density at radius 2 is 1.61 bits per heavy atom. The molecule has 2 atom stereocenters. The van der Waals surface area contributed by atoms with Gasteiger partial charge in [0, 0.05) is 36.7 Å². The number of anilines is 1. The monoisotopic (exact) mass is 535 g/mol. The Bertz CT molecular complexity index is 1360. The van der Waals surface area contributed by atoms with Crippen molar-refractivity contribution >= 4 is 35.0 Å². The zero-order chi connectivity index (χ0) is 27.0. The van der Waals surface area contributed by atoms with Crippen molar-refractivity contribution in [2.75, 3.05) is 24.6 Å². The number of carbonyl (C=O) groups excluding carboxylic acids is 3. The van der Waals surface area contributed by atoms with Crippen LogP contribution >= 0.6 is 11.6 Å². The van der Waals surface area contributed by atoms with Gasteiger partial charge < -0.3 is 9.64 Å². The summed E-state index contributed by atoms with van der Waals surface area (Å²) < 4.78 is 19.1. The summed E-state index contributed by atoms with van der Waals surface area (Å²) in [5.41, 5.74) is 1.82. The zero-order valence-corrected chi connectivity index (χ0v) is 21.8. The summed E-state index contributed by atoms with van der Waals surface area (Å²) in [6, 6.07) is 17.7. The fraction of sp³-hybridized carbons (Fsp3) is 0.276. The minimum Gasteiger partial charge on any atom is -0.482 e. The van der Waals surface area contributed by atoms with Gasteiger partial charge in [-0.25, -0.2) is 9.29 Å². The Labute approximate surface area is 225 Å². The quantitative estimate of drug-likeness (QED) is 0.425. The second-order valence-corrected chi connectivity index (χ2v) is 10.1. The van der Waals surface area contributed by atoms with Gasteiger partial charge in [0.25, 0.3) is 17.7 Å². The zero-order valence-electron chi connectivity index (χ0n) is 21.1. The second kappa shape index (κ2) is 10.6. The van der Waals surface area contributed by atoms with Crippen LogP contribution in [0.5, 0.6) is 5.75 Å². The number of ether oxygens (including phenoxy) is 1. The molecule has 2 aliphatic rings. The van der Waals surface area contributed by atoms with E-state index in [9.17, 15) is 18.8 Å². The molecule has 0 aromatic heterocycles. The SMILES string of the molecule is CC1CN(C(=O)COc2ccc(Cl)cc2N2C(=O)c3ccccc3C2=O)C(C)CN1Cc1ccc(F)cc1. The summed E-state index contributed by atoms with van der Waals surface area (Å²) in [6.45, 7) is 5.61. The summed E-state index contributed by atoms with van der Waals surface area (Å²) >= 11 is 6.20. The molecule has 196 valence electrons. The summed E-state index contributed by atoms with van der Waals surface area (Å²) in [4.78, 5) is 44.3. The van der Waals surface area contributed by atoms with Gasteiger partial charge in [-0.15, -0.1) is 0 Å². The molecule has 2 heterocycles. The average Bonchev–Trinajstić information content (AvgIpc) is 3.16. The van der Waals surface area contributed by atoms with Crippen molar-refractivity contribution in [1.82, 2.24) is 9.80 Å². The van der Waals surface area contributed by atoms with Gasteiger partial charge in [0.05, 0.1) is 16.8 Å². The molecule has 0 bridgehead atoms. The van der Waals surface area contributed by atoms with Gasteiger partial charge in [-0.3, -0.25) is 19.3 Å². The van der Waals surface area contributed by atoms with Crippen molar-refractivity contribution in [3.63, 3.8) is 0 Å². The van der Waals surface area contributed by atoms with Crippen LogP contribution in [0, 0.1) is 5.82 Å². The molecule has 0 spiro atoms. The van der Waals surface area contributed by atoms with E-state index in [0.717, 1.165) is 10.5 Å². The highest BCUT2D eigenvalue weighted by Crippen LogP contribution is 2.37. The number of benzene rings is 3. The first kappa shape index (κ1) is 25.9. The van der Waals surface area contributed by atoms with E-state index in [0.29, 0.717) is 35.8 Å². The molecule has 3 amide bonds. The Morgan fingerprint density at radius 1 is 0.947 bits per heavy atom. The first-order chi connectivity index (χ1) is 18.2. The molecule has 7 nitrogen and oxygen atoms in total. The third-order valence-electron chi connectivity index (χ3n) is 7.04. The molecule has 38 heavy (non-hydrogen) atoms. The second-order valence-electron chi connectivity index (χ2n) is 9.69. The minimum atomic E-state index is -0.469. The number of carbonyl (C=O) groups is 3. The van der Waals surface area contributed by atoms with Crippen molar-refractivity contribution in [2.45, 2.75) is 32.5 Å². The number of hydrogen-bond acceptors (Lipinski definition) is 5. The van der Waals surface area contributed by atoms with Gasteiger partial charge in [-0.2, -0.15) is 0 Å². The minimum absolute atomic E-state index is 0.0660. The lowest BCUT2D eigenvalue weighted by Gasteiger charge is -2.44. The highest BCUT2D eigenvalue weighted by molar-refractivity contribution is 6.36. The average molecular weight is 536 g/mol. The van der Waals surface area contributed by atoms with Gasteiger partial charge in [0.2, 0.25) is 0 Å². The van der Waals surface area contributed by atoms with Gasteiger partial charge in [-0.05, 0) is 61.9 Å². The predicted molar refractivity (Wildman–Crippen MR) is 142 cm³/mol. The van der Waals surface area contributed by atoms with E-state index < -0.39 is 11.8 Å². The van der Waals surface area contributed by atoms with Gasteiger partial charge in [0.15, 0.2) is 6.61 Å². The molecule has 0 aliphatic carbocycles. The summed E-state index contributed by atoms with van der Waals surface area (Å²) in [5, 5.41) is 0.329. The number of rotatable bonds is 6. The van der Waals surface area contributed by atoms with E-state index in [-0.39, 0.29) is 41.9 Å². The molecule has 5 rings (SSSR count). The van der Waals surface area contributed by atoms with E-state index in [4.69, 9.17) is 16.3 Å². The predicted octanol–water partition coefficient (Wildman–Crippen LogP) is 4.78. The molecule has 2 aliphatic heterocycles. The third kappa shape index (κ3) is 5.01. The number of fused-ring (bicyclic) bond motifs is 1. The number of piperazine rings is 1. The van der Waals surface area contributed by atoms with Crippen LogP contribution < -0.4 is 9.64 Å². The number of hydrogen-bond donors (Lipinski definition) is 0. The fourth-order valence-corrected chi connectivity index (χ4v) is 5.17. The van der Waals surface area contributed by atoms with Crippen LogP contribution in [0.25, 0.3) is 0 Å². The van der Waals surface area contributed by atoms with Crippen molar-refractivity contribution in [1.29, 1.82) is 0 Å². The standard InChI is InChI=1S/C29H27ClFN3O4/c1-18-15-33(19(2)14-32(18)16-20-7-10-22(31)11-8-20)27(35)17-38-26-12-9-21(30)13-25(26)34-28(36)23-5-3-4-6-24(23)29(34)37/h3-13,18-19H,14-17H2,1-2H3. The number of nitrogens with zero attached hydrogens (tertiary/aromatic N) is 3. The van der Waals surface area contributed by atoms with Crippen LogP contribution in [-0.4, -0.2) is 59.3 Å². The van der Waals surface area contributed by atoms with Gasteiger partial charge in [-0.1, -0.05) is 35.9 Å². The number of halogens is 2. The molecule has 1 fully saturated rings. The Kier molecular flexibility index (Phi) is 7.19. The normalized spacial score (nSPS) is 19.6. The molecular weight excluding hydrogens is 509 g/mol. The van der Waals surface area contributed by atoms with Crippen LogP contribution in [0.3, 0.4) is 0 Å². The molecule has 0 saturated carbocycles. The van der Waals surface area contributed by atoms with Crippen molar-refractivity contribution < 1.29 is 23.5 Å². The lowest BCUT2D eigenvalue weighted by molar-refractivity contribution is -0.139. The van der Waals surface area contributed by atoms with Gasteiger partial charge in [0.1, 0.15) is 11.6 Å². The van der Waals surface area contributed by atoms with Crippen LogP contribution in [-0.2, 0) is 11.3 Å². The van der Waals surface area contributed by atoms with Crippen LogP contribution in [0.15, 0.2) is 66.7 Å². The van der Waals surface area contributed by atoms with Crippen molar-refractivity contribution in [2.24, 2.45) is 0 Å². The molecule has 9 heteroatoms. The molecule has 3 aromatic rings. The highest BCUT2D eigenvalue weighted by atomic mass is 35.5. The van der Waals surface area contributed by atoms with Crippen LogP contribution in [0.1, 0.15) is 40.1 Å². The smallest absolute Gasteiger partial charge is 0.266 e. The Hall–Kier alpha value is -3.75. The molecule has 2 unspecified atom stereocenters. The first-order valence-electron chi connectivity index (χ1n) is 12.4. The molecular formula is C29H27ClFN3O4.